The van der Waals surface area contributed by atoms with Gasteiger partial charge in [-0.25, -0.2) is 14.6 Å². The Morgan fingerprint density at radius 1 is 1.42 bits per heavy atom. The number of aromatic nitrogens is 1. The molecule has 1 aromatic heterocycles. The van der Waals surface area contributed by atoms with Crippen LogP contribution in [0.2, 0.25) is 0 Å². The number of nitrogens with zero attached hydrogens (tertiary/aromatic N) is 1. The number of esters is 1. The topological polar surface area (TPSA) is 77.5 Å². The molecule has 1 N–H and O–H groups in total. The maximum Gasteiger partial charge on any atom is 0.412 e. The van der Waals surface area contributed by atoms with Crippen molar-refractivity contribution in [2.45, 2.75) is 26.4 Å². The van der Waals surface area contributed by atoms with Crippen LogP contribution in [0.25, 0.3) is 6.08 Å². The summed E-state index contributed by atoms with van der Waals surface area (Å²) in [5.41, 5.74) is -0.668. The van der Waals surface area contributed by atoms with Crippen molar-refractivity contribution in [3.63, 3.8) is 0 Å². The van der Waals surface area contributed by atoms with E-state index in [1.807, 2.05) is 0 Å². The van der Waals surface area contributed by atoms with E-state index in [4.69, 9.17) is 4.74 Å². The highest BCUT2D eigenvalue weighted by molar-refractivity contribution is 7.10. The second-order valence-corrected chi connectivity index (χ2v) is 5.47. The van der Waals surface area contributed by atoms with Crippen LogP contribution in [0.15, 0.2) is 17.3 Å². The molecule has 0 spiro atoms. The van der Waals surface area contributed by atoms with Gasteiger partial charge in [-0.05, 0) is 20.8 Å². The minimum Gasteiger partial charge on any atom is -0.464 e. The van der Waals surface area contributed by atoms with Crippen molar-refractivity contribution in [3.8, 4) is 0 Å². The van der Waals surface area contributed by atoms with Crippen LogP contribution >= 0.6 is 11.3 Å². The van der Waals surface area contributed by atoms with Crippen molar-refractivity contribution in [1.29, 1.82) is 0 Å². The SMILES string of the molecule is COC(=O)/C(=C/c1nccs1)NC(=O)OC(C)(C)C. The number of amides is 1. The van der Waals surface area contributed by atoms with E-state index in [0.29, 0.717) is 5.01 Å². The monoisotopic (exact) mass is 284 g/mol. The molecule has 7 heteroatoms. The van der Waals surface area contributed by atoms with Gasteiger partial charge < -0.3 is 9.47 Å². The molecule has 19 heavy (non-hydrogen) atoms. The van der Waals surface area contributed by atoms with Crippen LogP contribution in [0, 0.1) is 0 Å². The first kappa shape index (κ1) is 15.2. The van der Waals surface area contributed by atoms with Crippen LogP contribution in [0.5, 0.6) is 0 Å². The number of alkyl carbamates (subject to hydrolysis) is 1. The second-order valence-electron chi connectivity index (χ2n) is 4.55. The van der Waals surface area contributed by atoms with Crippen molar-refractivity contribution >= 4 is 29.5 Å². The molecule has 1 amide bonds. The predicted molar refractivity (Wildman–Crippen MR) is 71.5 cm³/mol. The van der Waals surface area contributed by atoms with E-state index in [1.54, 1.807) is 32.3 Å². The summed E-state index contributed by atoms with van der Waals surface area (Å²) < 4.78 is 9.66. The Kier molecular flexibility index (Phi) is 5.05. The third-order valence-corrected chi connectivity index (χ3v) is 2.48. The largest absolute Gasteiger partial charge is 0.464 e. The molecule has 0 aliphatic carbocycles. The summed E-state index contributed by atoms with van der Waals surface area (Å²) in [5, 5.41) is 4.69. The minimum absolute atomic E-state index is 0.0216. The molecule has 0 radical (unpaired) electrons. The Hall–Kier alpha value is -1.89. The minimum atomic E-state index is -0.722. The third kappa shape index (κ3) is 5.52. The fraction of sp³-hybridized carbons (Fsp3) is 0.417. The van der Waals surface area contributed by atoms with Gasteiger partial charge in [-0.3, -0.25) is 5.32 Å². The van der Waals surface area contributed by atoms with Gasteiger partial charge in [0.2, 0.25) is 0 Å². The maximum absolute atomic E-state index is 11.6. The Bertz CT molecular complexity index is 474. The van der Waals surface area contributed by atoms with Crippen molar-refractivity contribution in [2.24, 2.45) is 0 Å². The summed E-state index contributed by atoms with van der Waals surface area (Å²) >= 11 is 1.33. The Balaban J connectivity index is 2.82. The molecule has 0 aromatic carbocycles. The molecule has 1 aromatic rings. The number of rotatable bonds is 3. The molecule has 0 atom stereocenters. The smallest absolute Gasteiger partial charge is 0.412 e. The van der Waals surface area contributed by atoms with Gasteiger partial charge in [-0.15, -0.1) is 11.3 Å². The van der Waals surface area contributed by atoms with E-state index in [2.05, 4.69) is 15.0 Å². The molecule has 104 valence electrons. The lowest BCUT2D eigenvalue weighted by Crippen LogP contribution is -2.34. The van der Waals surface area contributed by atoms with E-state index in [9.17, 15) is 9.59 Å². The van der Waals surface area contributed by atoms with Crippen molar-refractivity contribution in [2.75, 3.05) is 7.11 Å². The first-order valence-electron chi connectivity index (χ1n) is 5.51. The molecule has 0 fully saturated rings. The van der Waals surface area contributed by atoms with Crippen LogP contribution in [0.3, 0.4) is 0 Å². The first-order chi connectivity index (χ1) is 8.81. The average Bonchev–Trinajstić information content (AvgIpc) is 2.77. The van der Waals surface area contributed by atoms with Crippen LogP contribution in [-0.2, 0) is 14.3 Å². The Labute approximate surface area is 115 Å². The number of thiazole rings is 1. The number of ether oxygens (including phenoxy) is 2. The van der Waals surface area contributed by atoms with Gasteiger partial charge in [0.15, 0.2) is 0 Å². The number of hydrogen-bond donors (Lipinski definition) is 1. The van der Waals surface area contributed by atoms with Crippen molar-refractivity contribution in [1.82, 2.24) is 10.3 Å². The molecule has 0 bridgehead atoms. The van der Waals surface area contributed by atoms with Crippen LogP contribution in [0.1, 0.15) is 25.8 Å². The van der Waals surface area contributed by atoms with Crippen LogP contribution < -0.4 is 5.32 Å². The van der Waals surface area contributed by atoms with Crippen molar-refractivity contribution < 1.29 is 19.1 Å². The van der Waals surface area contributed by atoms with Crippen molar-refractivity contribution in [3.05, 3.63) is 22.3 Å². The predicted octanol–water partition coefficient (Wildman–Crippen LogP) is 2.18. The van der Waals surface area contributed by atoms with Gasteiger partial charge in [0.05, 0.1) is 7.11 Å². The van der Waals surface area contributed by atoms with E-state index in [0.717, 1.165) is 0 Å². The summed E-state index contributed by atoms with van der Waals surface area (Å²) in [7, 11) is 1.23. The summed E-state index contributed by atoms with van der Waals surface area (Å²) in [6.07, 6.45) is 2.31. The zero-order chi connectivity index (χ0) is 14.5. The summed E-state index contributed by atoms with van der Waals surface area (Å²) in [6, 6.07) is 0. The molecule has 1 heterocycles. The highest BCUT2D eigenvalue weighted by atomic mass is 32.1. The van der Waals surface area contributed by atoms with Crippen LogP contribution in [-0.4, -0.2) is 29.8 Å². The highest BCUT2D eigenvalue weighted by Gasteiger charge is 2.20. The highest BCUT2D eigenvalue weighted by Crippen LogP contribution is 2.11. The lowest BCUT2D eigenvalue weighted by molar-refractivity contribution is -0.136. The van der Waals surface area contributed by atoms with Crippen LogP contribution in [0.4, 0.5) is 4.79 Å². The Morgan fingerprint density at radius 2 is 2.11 bits per heavy atom. The van der Waals surface area contributed by atoms with Gasteiger partial charge in [-0.1, -0.05) is 0 Å². The fourth-order valence-corrected chi connectivity index (χ4v) is 1.67. The molecule has 6 nitrogen and oxygen atoms in total. The van der Waals surface area contributed by atoms with E-state index < -0.39 is 17.7 Å². The lowest BCUT2D eigenvalue weighted by atomic mass is 10.2. The molecular weight excluding hydrogens is 268 g/mol. The van der Waals surface area contributed by atoms with E-state index in [-0.39, 0.29) is 5.70 Å². The average molecular weight is 284 g/mol. The second kappa shape index (κ2) is 6.33. The summed E-state index contributed by atoms with van der Waals surface area (Å²) in [6.45, 7) is 5.19. The Morgan fingerprint density at radius 3 is 2.58 bits per heavy atom. The number of carbonyl (C=O) groups excluding carboxylic acids is 2. The normalized spacial score (nSPS) is 11.9. The van der Waals surface area contributed by atoms with Gasteiger partial charge >= 0.3 is 12.1 Å². The lowest BCUT2D eigenvalue weighted by Gasteiger charge is -2.19. The molecule has 0 aliphatic heterocycles. The maximum atomic E-state index is 11.6. The summed E-state index contributed by atoms with van der Waals surface area (Å²) in [5.74, 6) is -0.666. The molecule has 0 aliphatic rings. The molecule has 1 rings (SSSR count). The molecule has 0 saturated carbocycles. The first-order valence-corrected chi connectivity index (χ1v) is 6.39. The zero-order valence-electron chi connectivity index (χ0n) is 11.2. The van der Waals surface area contributed by atoms with E-state index >= 15 is 0 Å². The number of carbonyl (C=O) groups is 2. The molecule has 0 saturated heterocycles. The summed E-state index contributed by atoms with van der Waals surface area (Å²) in [4.78, 5) is 27.2. The van der Waals surface area contributed by atoms with Gasteiger partial charge in [-0.2, -0.15) is 0 Å². The number of methoxy groups -OCH3 is 1. The van der Waals surface area contributed by atoms with E-state index in [1.165, 1.54) is 24.5 Å². The fourth-order valence-electron chi connectivity index (χ4n) is 1.10. The zero-order valence-corrected chi connectivity index (χ0v) is 12.0. The third-order valence-electron chi connectivity index (χ3n) is 1.76. The number of nitrogens with one attached hydrogen (secondary N) is 1. The van der Waals surface area contributed by atoms with Gasteiger partial charge in [0, 0.05) is 17.7 Å². The molecule has 0 unspecified atom stereocenters. The molecular formula is C12H16N2O4S. The number of hydrogen-bond acceptors (Lipinski definition) is 6. The van der Waals surface area contributed by atoms with Gasteiger partial charge in [0.1, 0.15) is 16.3 Å². The quantitative estimate of drug-likeness (QED) is 0.680. The van der Waals surface area contributed by atoms with Gasteiger partial charge in [0.25, 0.3) is 0 Å². The standard InChI is InChI=1S/C12H16N2O4S/c1-12(2,3)18-11(16)14-8(10(15)17-4)7-9-13-5-6-19-9/h5-7H,1-4H3,(H,14,16)/b8-7-.